The minimum absolute atomic E-state index is 0.0139. The van der Waals surface area contributed by atoms with Crippen LogP contribution in [0.5, 0.6) is 0 Å². The number of carbonyl (C=O) groups excluding carboxylic acids is 1. The molecule has 0 atom stereocenters. The van der Waals surface area contributed by atoms with Gasteiger partial charge in [0.25, 0.3) is 11.8 Å². The fraction of sp³-hybridized carbons (Fsp3) is 0.304. The third kappa shape index (κ3) is 4.30. The Morgan fingerprint density at radius 2 is 1.84 bits per heavy atom. The largest absolute Gasteiger partial charge is 0.481 e. The number of piperidine rings is 1. The van der Waals surface area contributed by atoms with E-state index in [-0.39, 0.29) is 44.7 Å². The van der Waals surface area contributed by atoms with Gasteiger partial charge in [-0.3, -0.25) is 14.2 Å². The summed E-state index contributed by atoms with van der Waals surface area (Å²) < 4.78 is 28.7. The standard InChI is InChI=1S/C23H20F2N4O3/c24-23(25)7-9-28(10-8-23)22(32)17-11-16-12-19(5-6-20(30)31)29(21(16)27-14-17)18-3-1-15(13-26)2-4-18/h1-4,11-12,14H,5-10H2,(H,30,31). The number of halogens is 2. The zero-order valence-electron chi connectivity index (χ0n) is 17.1. The molecule has 3 heterocycles. The molecule has 2 aromatic heterocycles. The molecule has 0 bridgehead atoms. The first-order valence-electron chi connectivity index (χ1n) is 10.2. The number of aliphatic carboxylic acids is 1. The van der Waals surface area contributed by atoms with Gasteiger partial charge in [-0.15, -0.1) is 0 Å². The van der Waals surface area contributed by atoms with E-state index in [1.54, 1.807) is 41.0 Å². The van der Waals surface area contributed by atoms with Crippen LogP contribution >= 0.6 is 0 Å². The minimum atomic E-state index is -2.74. The van der Waals surface area contributed by atoms with Gasteiger partial charge in [-0.05, 0) is 42.8 Å². The second kappa shape index (κ2) is 8.38. The van der Waals surface area contributed by atoms with E-state index in [0.717, 1.165) is 0 Å². The second-order valence-electron chi connectivity index (χ2n) is 7.81. The Morgan fingerprint density at radius 1 is 1.16 bits per heavy atom. The Morgan fingerprint density at radius 3 is 2.47 bits per heavy atom. The Balaban J connectivity index is 1.71. The van der Waals surface area contributed by atoms with Gasteiger partial charge in [0.1, 0.15) is 5.65 Å². The van der Waals surface area contributed by atoms with Crippen molar-refractivity contribution < 1.29 is 23.5 Å². The zero-order valence-corrected chi connectivity index (χ0v) is 17.1. The normalized spacial score (nSPS) is 15.5. The lowest BCUT2D eigenvalue weighted by atomic mass is 10.1. The van der Waals surface area contributed by atoms with Gasteiger partial charge in [0.2, 0.25) is 0 Å². The summed E-state index contributed by atoms with van der Waals surface area (Å²) in [6, 6.07) is 12.3. The van der Waals surface area contributed by atoms with Crippen molar-refractivity contribution in [3.63, 3.8) is 0 Å². The molecule has 0 unspecified atom stereocenters. The molecule has 32 heavy (non-hydrogen) atoms. The van der Waals surface area contributed by atoms with E-state index < -0.39 is 11.9 Å². The molecule has 1 aromatic carbocycles. The maximum atomic E-state index is 13.4. The van der Waals surface area contributed by atoms with Crippen LogP contribution < -0.4 is 0 Å². The van der Waals surface area contributed by atoms with Crippen molar-refractivity contribution >= 4 is 22.9 Å². The number of pyridine rings is 1. The Kier molecular flexibility index (Phi) is 5.61. The highest BCUT2D eigenvalue weighted by Gasteiger charge is 2.35. The number of benzene rings is 1. The van der Waals surface area contributed by atoms with Crippen LogP contribution in [0.1, 0.15) is 40.9 Å². The lowest BCUT2D eigenvalue weighted by Gasteiger charge is -2.31. The maximum absolute atomic E-state index is 13.4. The predicted octanol–water partition coefficient (Wildman–Crippen LogP) is 3.79. The van der Waals surface area contributed by atoms with E-state index in [1.165, 1.54) is 11.1 Å². The molecule has 9 heteroatoms. The third-order valence-electron chi connectivity index (χ3n) is 5.59. The van der Waals surface area contributed by atoms with Crippen LogP contribution in [0.3, 0.4) is 0 Å². The lowest BCUT2D eigenvalue weighted by molar-refractivity contribution is -0.137. The number of hydrogen-bond donors (Lipinski definition) is 1. The Hall–Kier alpha value is -3.80. The van der Waals surface area contributed by atoms with Crippen LogP contribution in [0.4, 0.5) is 8.78 Å². The number of aromatic nitrogens is 2. The summed E-state index contributed by atoms with van der Waals surface area (Å²) in [4.78, 5) is 29.8. The number of nitriles is 1. The number of alkyl halides is 2. The number of amides is 1. The van der Waals surface area contributed by atoms with Crippen LogP contribution in [0.25, 0.3) is 16.7 Å². The number of hydrogen-bond acceptors (Lipinski definition) is 4. The van der Waals surface area contributed by atoms with Gasteiger partial charge >= 0.3 is 5.97 Å². The molecule has 1 N–H and O–H groups in total. The number of carboxylic acids is 1. The van der Waals surface area contributed by atoms with Crippen molar-refractivity contribution in [3.8, 4) is 11.8 Å². The van der Waals surface area contributed by atoms with Gasteiger partial charge in [0.15, 0.2) is 0 Å². The molecule has 1 fully saturated rings. The van der Waals surface area contributed by atoms with E-state index in [1.807, 2.05) is 0 Å². The topological polar surface area (TPSA) is 99.2 Å². The summed E-state index contributed by atoms with van der Waals surface area (Å²) in [6.45, 7) is -0.0278. The van der Waals surface area contributed by atoms with Gasteiger partial charge in [0, 0.05) is 48.9 Å². The number of rotatable bonds is 5. The molecule has 1 amide bonds. The van der Waals surface area contributed by atoms with E-state index in [0.29, 0.717) is 33.5 Å². The number of carboxylic acid groups (broad SMARTS) is 1. The van der Waals surface area contributed by atoms with Gasteiger partial charge in [-0.2, -0.15) is 5.26 Å². The molecule has 4 rings (SSSR count). The molecule has 0 saturated carbocycles. The zero-order chi connectivity index (χ0) is 22.9. The van der Waals surface area contributed by atoms with Gasteiger partial charge in [-0.25, -0.2) is 13.8 Å². The van der Waals surface area contributed by atoms with Crippen LogP contribution in [0, 0.1) is 11.3 Å². The number of nitrogens with zero attached hydrogens (tertiary/aromatic N) is 4. The molecule has 1 aliphatic heterocycles. The molecule has 164 valence electrons. The van der Waals surface area contributed by atoms with Crippen molar-refractivity contribution in [2.24, 2.45) is 0 Å². The van der Waals surface area contributed by atoms with Gasteiger partial charge in [-0.1, -0.05) is 0 Å². The minimum Gasteiger partial charge on any atom is -0.481 e. The van der Waals surface area contributed by atoms with Crippen molar-refractivity contribution in [1.29, 1.82) is 5.26 Å². The van der Waals surface area contributed by atoms with Gasteiger partial charge < -0.3 is 10.0 Å². The highest BCUT2D eigenvalue weighted by atomic mass is 19.3. The van der Waals surface area contributed by atoms with Crippen LogP contribution in [0.2, 0.25) is 0 Å². The molecule has 1 aliphatic rings. The van der Waals surface area contributed by atoms with E-state index in [2.05, 4.69) is 11.1 Å². The van der Waals surface area contributed by atoms with Crippen molar-refractivity contribution in [1.82, 2.24) is 14.5 Å². The number of fused-ring (bicyclic) bond motifs is 1. The van der Waals surface area contributed by atoms with Crippen LogP contribution in [0.15, 0.2) is 42.6 Å². The summed E-state index contributed by atoms with van der Waals surface area (Å²) in [5, 5.41) is 18.8. The molecule has 1 saturated heterocycles. The predicted molar refractivity (Wildman–Crippen MR) is 112 cm³/mol. The van der Waals surface area contributed by atoms with E-state index in [9.17, 15) is 18.4 Å². The molecule has 0 aliphatic carbocycles. The molecular formula is C23H20F2N4O3. The fourth-order valence-electron chi connectivity index (χ4n) is 3.88. The molecular weight excluding hydrogens is 418 g/mol. The summed E-state index contributed by atoms with van der Waals surface area (Å²) in [5.41, 5.74) is 2.73. The van der Waals surface area contributed by atoms with E-state index in [4.69, 9.17) is 10.4 Å². The first-order valence-corrected chi connectivity index (χ1v) is 10.2. The summed E-state index contributed by atoms with van der Waals surface area (Å²) in [6.07, 6.45) is 0.862. The molecule has 0 spiro atoms. The number of carbonyl (C=O) groups is 2. The quantitative estimate of drug-likeness (QED) is 0.654. The summed E-state index contributed by atoms with van der Waals surface area (Å²) >= 11 is 0. The second-order valence-corrected chi connectivity index (χ2v) is 7.81. The van der Waals surface area contributed by atoms with Crippen molar-refractivity contribution in [2.75, 3.05) is 13.1 Å². The molecule has 0 radical (unpaired) electrons. The Labute approximate surface area is 182 Å². The lowest BCUT2D eigenvalue weighted by Crippen LogP contribution is -2.42. The molecule has 7 nitrogen and oxygen atoms in total. The van der Waals surface area contributed by atoms with Crippen molar-refractivity contribution in [2.45, 2.75) is 31.6 Å². The van der Waals surface area contributed by atoms with Crippen LogP contribution in [-0.4, -0.2) is 50.4 Å². The Bertz CT molecular complexity index is 1220. The van der Waals surface area contributed by atoms with Crippen molar-refractivity contribution in [3.05, 3.63) is 59.4 Å². The SMILES string of the molecule is N#Cc1ccc(-n2c(CCC(=O)O)cc3cc(C(=O)N4CCC(F)(F)CC4)cnc32)cc1. The smallest absolute Gasteiger partial charge is 0.303 e. The van der Waals surface area contributed by atoms with Gasteiger partial charge in [0.05, 0.1) is 23.6 Å². The summed E-state index contributed by atoms with van der Waals surface area (Å²) in [7, 11) is 0. The average Bonchev–Trinajstić information content (AvgIpc) is 3.15. The highest BCUT2D eigenvalue weighted by molar-refractivity contribution is 5.97. The fourth-order valence-corrected chi connectivity index (χ4v) is 3.88. The summed E-state index contributed by atoms with van der Waals surface area (Å²) in [5.74, 6) is -4.03. The maximum Gasteiger partial charge on any atom is 0.303 e. The number of likely N-dealkylation sites (tertiary alicyclic amines) is 1. The first-order chi connectivity index (χ1) is 15.3. The van der Waals surface area contributed by atoms with E-state index >= 15 is 0 Å². The highest BCUT2D eigenvalue weighted by Crippen LogP contribution is 2.29. The first kappa shape index (κ1) is 21.4. The number of aryl methyl sites for hydroxylation is 1. The average molecular weight is 438 g/mol. The monoisotopic (exact) mass is 438 g/mol. The van der Waals surface area contributed by atoms with Crippen LogP contribution in [-0.2, 0) is 11.2 Å². The molecule has 3 aromatic rings. The third-order valence-corrected chi connectivity index (χ3v) is 5.59.